The van der Waals surface area contributed by atoms with Gasteiger partial charge in [0.1, 0.15) is 17.8 Å². The van der Waals surface area contributed by atoms with Crippen molar-refractivity contribution in [3.63, 3.8) is 0 Å². The molecule has 204 valence electrons. The van der Waals surface area contributed by atoms with Crippen LogP contribution < -0.4 is 4.74 Å². The van der Waals surface area contributed by atoms with Gasteiger partial charge in [0.25, 0.3) is 0 Å². The standard InChI is InChI=1S/C29H36Cl2N4O3/c1-19(37-26-12-9-20(15-32)16-33-26)22-17-34(5)18-29(22,21-10-11-23(30)24(31)14-21)25-8-6-7-13-35(25)27(36)38-28(2,3)4/h9-12,14,16,19,22,25H,6-8,13,17-18H2,1-5H3. The lowest BCUT2D eigenvalue weighted by atomic mass is 9.63. The minimum atomic E-state index is -0.598. The average molecular weight is 560 g/mol. The molecule has 2 fully saturated rings. The van der Waals surface area contributed by atoms with E-state index >= 15 is 0 Å². The molecule has 7 nitrogen and oxygen atoms in total. The molecule has 4 unspecified atom stereocenters. The first-order valence-electron chi connectivity index (χ1n) is 13.1. The second-order valence-electron chi connectivity index (χ2n) is 11.5. The SMILES string of the molecule is CC(Oc1ccc(C#N)cn1)C1CN(C)CC1(c1ccc(Cl)c(Cl)c1)C1CCCCN1C(=O)OC(C)(C)C. The first kappa shape index (κ1) is 28.5. The Morgan fingerprint density at radius 1 is 1.21 bits per heavy atom. The van der Waals surface area contributed by atoms with Gasteiger partial charge in [0, 0.05) is 49.3 Å². The van der Waals surface area contributed by atoms with Crippen molar-refractivity contribution in [3.8, 4) is 11.9 Å². The largest absolute Gasteiger partial charge is 0.474 e. The van der Waals surface area contributed by atoms with Gasteiger partial charge in [-0.3, -0.25) is 0 Å². The smallest absolute Gasteiger partial charge is 0.410 e. The van der Waals surface area contributed by atoms with E-state index < -0.39 is 11.0 Å². The fourth-order valence-electron chi connectivity index (χ4n) is 6.13. The van der Waals surface area contributed by atoms with Crippen LogP contribution in [0.1, 0.15) is 58.1 Å². The number of nitriles is 1. The lowest BCUT2D eigenvalue weighted by Gasteiger charge is -2.50. The number of nitrogens with zero attached hydrogens (tertiary/aromatic N) is 4. The van der Waals surface area contributed by atoms with E-state index in [1.165, 1.54) is 6.20 Å². The van der Waals surface area contributed by atoms with Crippen LogP contribution in [0.25, 0.3) is 0 Å². The van der Waals surface area contributed by atoms with Gasteiger partial charge in [-0.2, -0.15) is 5.26 Å². The van der Waals surface area contributed by atoms with Crippen molar-refractivity contribution in [1.82, 2.24) is 14.8 Å². The first-order chi connectivity index (χ1) is 17.9. The van der Waals surface area contributed by atoms with Gasteiger partial charge in [0.05, 0.1) is 15.6 Å². The van der Waals surface area contributed by atoms with Crippen molar-refractivity contribution in [3.05, 3.63) is 57.7 Å². The second-order valence-corrected chi connectivity index (χ2v) is 12.3. The molecule has 3 heterocycles. The summed E-state index contributed by atoms with van der Waals surface area (Å²) in [6.45, 7) is 9.84. The highest BCUT2D eigenvalue weighted by molar-refractivity contribution is 6.42. The molecule has 0 aliphatic carbocycles. The summed E-state index contributed by atoms with van der Waals surface area (Å²) in [7, 11) is 2.10. The number of likely N-dealkylation sites (tertiary alicyclic amines) is 2. The predicted octanol–water partition coefficient (Wildman–Crippen LogP) is 6.32. The van der Waals surface area contributed by atoms with Gasteiger partial charge in [0.15, 0.2) is 0 Å². The summed E-state index contributed by atoms with van der Waals surface area (Å²) in [5.74, 6) is 0.456. The van der Waals surface area contributed by atoms with Crippen molar-refractivity contribution in [2.24, 2.45) is 5.92 Å². The summed E-state index contributed by atoms with van der Waals surface area (Å²) in [6.07, 6.45) is 3.74. The van der Waals surface area contributed by atoms with Crippen molar-refractivity contribution in [2.45, 2.75) is 70.1 Å². The molecule has 4 atom stereocenters. The Labute approximate surface area is 235 Å². The van der Waals surface area contributed by atoms with Crippen LogP contribution in [0.2, 0.25) is 10.0 Å². The van der Waals surface area contributed by atoms with E-state index in [0.29, 0.717) is 34.6 Å². The summed E-state index contributed by atoms with van der Waals surface area (Å²) >= 11 is 12.9. The Bertz CT molecular complexity index is 1190. The fraction of sp³-hybridized carbons (Fsp3) is 0.552. The topological polar surface area (TPSA) is 78.7 Å². The van der Waals surface area contributed by atoms with Crippen molar-refractivity contribution >= 4 is 29.3 Å². The van der Waals surface area contributed by atoms with Gasteiger partial charge in [-0.05, 0) is 77.8 Å². The Kier molecular flexibility index (Phi) is 8.46. The number of carbonyl (C=O) groups excluding carboxylic acids is 1. The quantitative estimate of drug-likeness (QED) is 0.427. The second kappa shape index (κ2) is 11.3. The number of rotatable bonds is 5. The zero-order valence-electron chi connectivity index (χ0n) is 22.7. The van der Waals surface area contributed by atoms with Gasteiger partial charge in [0.2, 0.25) is 5.88 Å². The van der Waals surface area contributed by atoms with Crippen LogP contribution in [-0.2, 0) is 10.2 Å². The van der Waals surface area contributed by atoms with E-state index in [0.717, 1.165) is 31.4 Å². The van der Waals surface area contributed by atoms with Crippen LogP contribution in [0, 0.1) is 17.2 Å². The van der Waals surface area contributed by atoms with Crippen molar-refractivity contribution < 1.29 is 14.3 Å². The zero-order chi connectivity index (χ0) is 27.7. The number of halogens is 2. The van der Waals surface area contributed by atoms with Crippen molar-refractivity contribution in [2.75, 3.05) is 26.7 Å². The third-order valence-electron chi connectivity index (χ3n) is 7.62. The Balaban J connectivity index is 1.79. The first-order valence-corrected chi connectivity index (χ1v) is 13.9. The van der Waals surface area contributed by atoms with Crippen LogP contribution in [0.5, 0.6) is 5.88 Å². The highest BCUT2D eigenvalue weighted by atomic mass is 35.5. The van der Waals surface area contributed by atoms with Gasteiger partial charge in [-0.1, -0.05) is 29.3 Å². The number of benzene rings is 1. The summed E-state index contributed by atoms with van der Waals surface area (Å²) in [5, 5.41) is 10.1. The van der Waals surface area contributed by atoms with Gasteiger partial charge in [-0.25, -0.2) is 9.78 Å². The number of likely N-dealkylation sites (N-methyl/N-ethyl adjacent to an activating group) is 1. The van der Waals surface area contributed by atoms with E-state index in [9.17, 15) is 4.79 Å². The molecule has 1 amide bonds. The minimum absolute atomic E-state index is 0.00442. The molecular weight excluding hydrogens is 523 g/mol. The molecule has 1 aromatic heterocycles. The molecule has 2 aromatic rings. The summed E-state index contributed by atoms with van der Waals surface area (Å²) in [4.78, 5) is 22.1. The number of carbonyl (C=O) groups is 1. The number of hydrogen-bond donors (Lipinski definition) is 0. The maximum atomic E-state index is 13.6. The average Bonchev–Trinajstić information content (AvgIpc) is 3.23. The molecule has 1 aromatic carbocycles. The predicted molar refractivity (Wildman–Crippen MR) is 149 cm³/mol. The van der Waals surface area contributed by atoms with E-state index in [4.69, 9.17) is 37.9 Å². The van der Waals surface area contributed by atoms with Gasteiger partial charge < -0.3 is 19.3 Å². The molecule has 2 saturated heterocycles. The number of ether oxygens (including phenoxy) is 2. The maximum absolute atomic E-state index is 13.6. The lowest BCUT2D eigenvalue weighted by Crippen LogP contribution is -2.60. The molecule has 0 spiro atoms. The zero-order valence-corrected chi connectivity index (χ0v) is 24.2. The summed E-state index contributed by atoms with van der Waals surface area (Å²) in [6, 6.07) is 11.2. The van der Waals surface area contributed by atoms with E-state index in [1.807, 2.05) is 43.9 Å². The normalized spacial score (nSPS) is 25.1. The molecule has 4 rings (SSSR count). The van der Waals surface area contributed by atoms with E-state index in [2.05, 4.69) is 29.9 Å². The Morgan fingerprint density at radius 3 is 2.61 bits per heavy atom. The molecular formula is C29H36Cl2N4O3. The number of hydrogen-bond acceptors (Lipinski definition) is 6. The van der Waals surface area contributed by atoms with Crippen LogP contribution in [0.15, 0.2) is 36.5 Å². The highest BCUT2D eigenvalue weighted by Gasteiger charge is 2.57. The fourth-order valence-corrected chi connectivity index (χ4v) is 6.42. The Hall–Kier alpha value is -2.53. The monoisotopic (exact) mass is 558 g/mol. The minimum Gasteiger partial charge on any atom is -0.474 e. The van der Waals surface area contributed by atoms with Crippen LogP contribution >= 0.6 is 23.2 Å². The van der Waals surface area contributed by atoms with Crippen LogP contribution in [0.4, 0.5) is 4.79 Å². The highest BCUT2D eigenvalue weighted by Crippen LogP contribution is 2.49. The van der Waals surface area contributed by atoms with Crippen molar-refractivity contribution in [1.29, 1.82) is 5.26 Å². The molecule has 9 heteroatoms. The third kappa shape index (κ3) is 5.88. The third-order valence-corrected chi connectivity index (χ3v) is 8.36. The van der Waals surface area contributed by atoms with Gasteiger partial charge in [-0.15, -0.1) is 0 Å². The number of pyridine rings is 1. The van der Waals surface area contributed by atoms with E-state index in [-0.39, 0.29) is 24.2 Å². The van der Waals surface area contributed by atoms with Gasteiger partial charge >= 0.3 is 6.09 Å². The molecule has 0 N–H and O–H groups in total. The summed E-state index contributed by atoms with van der Waals surface area (Å²) in [5.41, 5.74) is 0.419. The van der Waals surface area contributed by atoms with Crippen LogP contribution in [0.3, 0.4) is 0 Å². The number of piperidine rings is 1. The molecule has 2 aliphatic rings. The Morgan fingerprint density at radius 2 is 1.97 bits per heavy atom. The maximum Gasteiger partial charge on any atom is 0.410 e. The molecule has 0 radical (unpaired) electrons. The van der Waals surface area contributed by atoms with E-state index in [1.54, 1.807) is 12.1 Å². The summed E-state index contributed by atoms with van der Waals surface area (Å²) < 4.78 is 12.3. The lowest BCUT2D eigenvalue weighted by molar-refractivity contribution is -0.0147. The number of aromatic nitrogens is 1. The van der Waals surface area contributed by atoms with Crippen LogP contribution in [-0.4, -0.2) is 65.3 Å². The molecule has 38 heavy (non-hydrogen) atoms. The number of amides is 1. The molecule has 0 saturated carbocycles. The molecule has 2 aliphatic heterocycles. The molecule has 0 bridgehead atoms.